The van der Waals surface area contributed by atoms with Gasteiger partial charge in [0.2, 0.25) is 11.1 Å². The predicted molar refractivity (Wildman–Crippen MR) is 132 cm³/mol. The van der Waals surface area contributed by atoms with E-state index >= 15 is 0 Å². The fourth-order valence-corrected chi connectivity index (χ4v) is 7.37. The number of carbonyl (C=O) groups is 3. The molecule has 1 N–H and O–H groups in total. The Morgan fingerprint density at radius 1 is 1.17 bits per heavy atom. The van der Waals surface area contributed by atoms with Gasteiger partial charge in [0.15, 0.2) is 6.10 Å². The van der Waals surface area contributed by atoms with E-state index in [-0.39, 0.29) is 17.8 Å². The van der Waals surface area contributed by atoms with Crippen LogP contribution in [0.2, 0.25) is 0 Å². The minimum atomic E-state index is -1.03. The van der Waals surface area contributed by atoms with Gasteiger partial charge in [-0.3, -0.25) is 9.59 Å². The first-order valence-corrected chi connectivity index (χ1v) is 13.1. The quantitative estimate of drug-likeness (QED) is 0.253. The first-order chi connectivity index (χ1) is 17.4. The standard InChI is InChI=1S/C24H23N5O5S2/c1-24(21(22(32)33)29-17(30)12-18(29)36-24)14-35-23-25-26-27-28(23)13-19(31)34-20(15-8-4-2-5-9-15)16-10-6-3-7-11-16/h2-11,18,20-21H,12-14H2,1H3,(H,32,33). The largest absolute Gasteiger partial charge is 0.480 e. The van der Waals surface area contributed by atoms with E-state index in [2.05, 4.69) is 15.5 Å². The maximum absolute atomic E-state index is 12.9. The number of hydrogen-bond acceptors (Lipinski definition) is 9. The van der Waals surface area contributed by atoms with Crippen LogP contribution in [-0.4, -0.2) is 70.0 Å². The minimum absolute atomic E-state index is 0.122. The molecule has 36 heavy (non-hydrogen) atoms. The normalized spacial score (nSPS) is 22.8. The molecule has 0 spiro atoms. The Hall–Kier alpha value is -3.38. The molecule has 2 fully saturated rings. The van der Waals surface area contributed by atoms with E-state index in [0.29, 0.717) is 17.3 Å². The van der Waals surface area contributed by atoms with Crippen LogP contribution in [0.15, 0.2) is 65.8 Å². The van der Waals surface area contributed by atoms with Gasteiger partial charge in [0.05, 0.1) is 16.5 Å². The predicted octanol–water partition coefficient (Wildman–Crippen LogP) is 2.62. The van der Waals surface area contributed by atoms with Crippen molar-refractivity contribution in [3.63, 3.8) is 0 Å². The zero-order valence-corrected chi connectivity index (χ0v) is 20.9. The summed E-state index contributed by atoms with van der Waals surface area (Å²) in [4.78, 5) is 38.3. The van der Waals surface area contributed by atoms with Gasteiger partial charge in [0.1, 0.15) is 12.6 Å². The van der Waals surface area contributed by atoms with Crippen LogP contribution in [0.3, 0.4) is 0 Å². The minimum Gasteiger partial charge on any atom is -0.480 e. The highest BCUT2D eigenvalue weighted by Crippen LogP contribution is 2.52. The van der Waals surface area contributed by atoms with Crippen molar-refractivity contribution in [2.75, 3.05) is 5.75 Å². The van der Waals surface area contributed by atoms with Crippen LogP contribution in [-0.2, 0) is 25.7 Å². The average molecular weight is 526 g/mol. The molecule has 3 heterocycles. The number of esters is 1. The molecule has 2 aromatic carbocycles. The number of tetrazole rings is 1. The van der Waals surface area contributed by atoms with Crippen LogP contribution in [0.25, 0.3) is 0 Å². The SMILES string of the molecule is CC1(CSc2nnnn2CC(=O)OC(c2ccccc2)c2ccccc2)SC2CC(=O)N2C1C(=O)O. The number of carbonyl (C=O) groups excluding carboxylic acids is 2. The van der Waals surface area contributed by atoms with Crippen molar-refractivity contribution in [2.24, 2.45) is 0 Å². The molecule has 0 aliphatic carbocycles. The van der Waals surface area contributed by atoms with Crippen LogP contribution < -0.4 is 0 Å². The summed E-state index contributed by atoms with van der Waals surface area (Å²) in [6.07, 6.45) is -0.234. The Bertz CT molecular complexity index is 1230. The van der Waals surface area contributed by atoms with Gasteiger partial charge in [-0.2, -0.15) is 0 Å². The summed E-state index contributed by atoms with van der Waals surface area (Å²) >= 11 is 2.74. The molecule has 1 aromatic heterocycles. The maximum Gasteiger partial charge on any atom is 0.328 e. The third-order valence-corrected chi connectivity index (χ3v) is 9.21. The van der Waals surface area contributed by atoms with Gasteiger partial charge >= 0.3 is 11.9 Å². The zero-order valence-electron chi connectivity index (χ0n) is 19.3. The van der Waals surface area contributed by atoms with E-state index in [4.69, 9.17) is 4.74 Å². The van der Waals surface area contributed by atoms with Crippen molar-refractivity contribution in [3.8, 4) is 0 Å². The number of fused-ring (bicyclic) bond motifs is 1. The van der Waals surface area contributed by atoms with Crippen molar-refractivity contribution in [3.05, 3.63) is 71.8 Å². The van der Waals surface area contributed by atoms with Gasteiger partial charge in [-0.1, -0.05) is 72.4 Å². The molecule has 2 saturated heterocycles. The summed E-state index contributed by atoms with van der Waals surface area (Å²) in [5.41, 5.74) is 1.68. The average Bonchev–Trinajstić information content (AvgIpc) is 3.41. The van der Waals surface area contributed by atoms with Crippen LogP contribution in [0.5, 0.6) is 0 Å². The number of aliphatic carboxylic acids is 1. The summed E-state index contributed by atoms with van der Waals surface area (Å²) in [6.45, 7) is 1.63. The van der Waals surface area contributed by atoms with E-state index in [1.165, 1.54) is 33.1 Å². The fraction of sp³-hybridized carbons (Fsp3) is 0.333. The Morgan fingerprint density at radius 3 is 2.39 bits per heavy atom. The lowest BCUT2D eigenvalue weighted by atomic mass is 9.98. The number of amides is 1. The highest BCUT2D eigenvalue weighted by atomic mass is 32.2. The van der Waals surface area contributed by atoms with E-state index in [1.54, 1.807) is 0 Å². The highest BCUT2D eigenvalue weighted by Gasteiger charge is 2.60. The lowest BCUT2D eigenvalue weighted by Crippen LogP contribution is -2.57. The zero-order chi connectivity index (χ0) is 25.3. The number of benzene rings is 2. The van der Waals surface area contributed by atoms with E-state index in [0.717, 1.165) is 11.1 Å². The second-order valence-electron chi connectivity index (χ2n) is 8.73. The van der Waals surface area contributed by atoms with Gasteiger partial charge < -0.3 is 14.7 Å². The molecule has 186 valence electrons. The number of thioether (sulfide) groups is 2. The van der Waals surface area contributed by atoms with Crippen molar-refractivity contribution in [2.45, 2.75) is 47.3 Å². The Labute approximate surface area is 215 Å². The molecule has 5 rings (SSSR count). The van der Waals surface area contributed by atoms with E-state index < -0.39 is 28.8 Å². The third-order valence-electron chi connectivity index (χ3n) is 6.16. The number of rotatable bonds is 9. The Morgan fingerprint density at radius 2 is 1.81 bits per heavy atom. The molecule has 1 amide bonds. The van der Waals surface area contributed by atoms with Crippen LogP contribution in [0.4, 0.5) is 0 Å². The number of aromatic nitrogens is 4. The summed E-state index contributed by atoms with van der Waals surface area (Å²) in [7, 11) is 0. The number of ether oxygens (including phenoxy) is 1. The molecular formula is C24H23N5O5S2. The first kappa shape index (κ1) is 24.3. The van der Waals surface area contributed by atoms with Crippen LogP contribution in [0.1, 0.15) is 30.6 Å². The van der Waals surface area contributed by atoms with Crippen molar-refractivity contribution in [1.82, 2.24) is 25.1 Å². The highest BCUT2D eigenvalue weighted by molar-refractivity contribution is 8.04. The van der Waals surface area contributed by atoms with Crippen molar-refractivity contribution < 1.29 is 24.2 Å². The van der Waals surface area contributed by atoms with Gasteiger partial charge in [-0.15, -0.1) is 16.9 Å². The molecule has 0 saturated carbocycles. The lowest BCUT2D eigenvalue weighted by Gasteiger charge is -2.36. The molecular weight excluding hydrogens is 502 g/mol. The number of carboxylic acids is 1. The molecule has 12 heteroatoms. The summed E-state index contributed by atoms with van der Waals surface area (Å²) in [5.74, 6) is -1.34. The molecule has 10 nitrogen and oxygen atoms in total. The summed E-state index contributed by atoms with van der Waals surface area (Å²) in [5, 5.41) is 21.7. The second-order valence-corrected chi connectivity index (χ2v) is 11.4. The smallest absolute Gasteiger partial charge is 0.328 e. The van der Waals surface area contributed by atoms with Gasteiger partial charge in [-0.05, 0) is 28.5 Å². The summed E-state index contributed by atoms with van der Waals surface area (Å²) in [6, 6.07) is 18.0. The topological polar surface area (TPSA) is 128 Å². The second kappa shape index (κ2) is 9.94. The first-order valence-electron chi connectivity index (χ1n) is 11.3. The number of nitrogens with zero attached hydrogens (tertiary/aromatic N) is 5. The van der Waals surface area contributed by atoms with E-state index in [9.17, 15) is 19.5 Å². The monoisotopic (exact) mass is 525 g/mol. The molecule has 2 aliphatic heterocycles. The van der Waals surface area contributed by atoms with Gasteiger partial charge in [0.25, 0.3) is 0 Å². The number of β-lactam (4-membered cyclic amide) rings is 1. The molecule has 2 aliphatic rings. The number of carboxylic acid groups (broad SMARTS) is 1. The van der Waals surface area contributed by atoms with Gasteiger partial charge in [-0.25, -0.2) is 9.48 Å². The van der Waals surface area contributed by atoms with Crippen molar-refractivity contribution in [1.29, 1.82) is 0 Å². The lowest BCUT2D eigenvalue weighted by molar-refractivity contribution is -0.157. The van der Waals surface area contributed by atoms with Crippen molar-refractivity contribution >= 4 is 41.4 Å². The molecule has 3 unspecified atom stereocenters. The third kappa shape index (κ3) is 4.70. The molecule has 0 bridgehead atoms. The summed E-state index contributed by atoms with van der Waals surface area (Å²) < 4.78 is 6.48. The fourth-order valence-electron chi connectivity index (χ4n) is 4.45. The Balaban J connectivity index is 1.27. The Kier molecular flexibility index (Phi) is 6.71. The molecule has 3 aromatic rings. The molecule has 3 atom stereocenters. The molecule has 0 radical (unpaired) electrons. The van der Waals surface area contributed by atoms with E-state index in [1.807, 2.05) is 67.6 Å². The van der Waals surface area contributed by atoms with Gasteiger partial charge in [0, 0.05) is 5.75 Å². The number of hydrogen-bond donors (Lipinski definition) is 1. The van der Waals surface area contributed by atoms with Crippen LogP contribution >= 0.6 is 23.5 Å². The van der Waals surface area contributed by atoms with Crippen LogP contribution in [0, 0.1) is 0 Å². The maximum atomic E-state index is 12.9.